The summed E-state index contributed by atoms with van der Waals surface area (Å²) < 4.78 is 0. The lowest BCUT2D eigenvalue weighted by Gasteiger charge is -2.08. The monoisotopic (exact) mass is 282 g/mol. The molecule has 0 bridgehead atoms. The van der Waals surface area contributed by atoms with Gasteiger partial charge in [0.1, 0.15) is 6.04 Å². The van der Waals surface area contributed by atoms with Crippen LogP contribution in [0.2, 0.25) is 0 Å². The molecule has 0 fully saturated rings. The van der Waals surface area contributed by atoms with Gasteiger partial charge in [0, 0.05) is 13.0 Å². The number of aliphatic carboxylic acids is 1. The number of aromatic hydroxyl groups is 2. The van der Waals surface area contributed by atoms with Gasteiger partial charge in [0.25, 0.3) is 0 Å². The van der Waals surface area contributed by atoms with Gasteiger partial charge in [0.05, 0.1) is 0 Å². The van der Waals surface area contributed by atoms with Gasteiger partial charge in [-0.3, -0.25) is 9.59 Å². The number of amides is 1. The fourth-order valence-corrected chi connectivity index (χ4v) is 1.57. The van der Waals surface area contributed by atoms with E-state index >= 15 is 0 Å². The van der Waals surface area contributed by atoms with Crippen molar-refractivity contribution >= 4 is 11.9 Å². The average molecular weight is 282 g/mol. The Kier molecular flexibility index (Phi) is 5.79. The molecule has 0 saturated heterocycles. The van der Waals surface area contributed by atoms with E-state index in [0.29, 0.717) is 13.0 Å². The van der Waals surface area contributed by atoms with Crippen LogP contribution < -0.4 is 11.1 Å². The van der Waals surface area contributed by atoms with E-state index in [1.54, 1.807) is 6.07 Å². The molecule has 0 aliphatic rings. The van der Waals surface area contributed by atoms with Crippen molar-refractivity contribution in [2.45, 2.75) is 25.3 Å². The van der Waals surface area contributed by atoms with Crippen LogP contribution in [-0.2, 0) is 16.0 Å². The van der Waals surface area contributed by atoms with Crippen LogP contribution in [0.4, 0.5) is 0 Å². The van der Waals surface area contributed by atoms with Gasteiger partial charge < -0.3 is 26.4 Å². The van der Waals surface area contributed by atoms with Gasteiger partial charge in [-0.05, 0) is 30.5 Å². The highest BCUT2D eigenvalue weighted by atomic mass is 16.4. The molecule has 0 aliphatic heterocycles. The first-order valence-corrected chi connectivity index (χ1v) is 6.16. The molecule has 1 rings (SSSR count). The van der Waals surface area contributed by atoms with Crippen molar-refractivity contribution in [3.63, 3.8) is 0 Å². The average Bonchev–Trinajstić information content (AvgIpc) is 2.40. The van der Waals surface area contributed by atoms with Gasteiger partial charge in [0.2, 0.25) is 5.91 Å². The number of hydrogen-bond donors (Lipinski definition) is 5. The SMILES string of the molecule is N[C@@H](CCC(=O)NCCc1ccc(O)c(O)c1)C(=O)O. The predicted octanol–water partition coefficient (Wildman–Crippen LogP) is -0.0514. The zero-order chi connectivity index (χ0) is 15.1. The van der Waals surface area contributed by atoms with Crippen LogP contribution in [0.5, 0.6) is 11.5 Å². The summed E-state index contributed by atoms with van der Waals surface area (Å²) in [5.74, 6) is -1.80. The summed E-state index contributed by atoms with van der Waals surface area (Å²) in [7, 11) is 0. The Morgan fingerprint density at radius 1 is 1.25 bits per heavy atom. The maximum Gasteiger partial charge on any atom is 0.320 e. The van der Waals surface area contributed by atoms with E-state index < -0.39 is 12.0 Å². The molecule has 1 aromatic rings. The van der Waals surface area contributed by atoms with Gasteiger partial charge in [-0.25, -0.2) is 0 Å². The van der Waals surface area contributed by atoms with Gasteiger partial charge in [-0.15, -0.1) is 0 Å². The summed E-state index contributed by atoms with van der Waals surface area (Å²) in [5.41, 5.74) is 6.05. The van der Waals surface area contributed by atoms with E-state index in [1.807, 2.05) is 0 Å². The third kappa shape index (κ3) is 5.15. The van der Waals surface area contributed by atoms with Crippen molar-refractivity contribution in [2.24, 2.45) is 5.73 Å². The molecule has 1 amide bonds. The van der Waals surface area contributed by atoms with Crippen molar-refractivity contribution in [1.82, 2.24) is 5.32 Å². The third-order valence-corrected chi connectivity index (χ3v) is 2.78. The first-order valence-electron chi connectivity index (χ1n) is 6.16. The highest BCUT2D eigenvalue weighted by molar-refractivity contribution is 5.78. The maximum absolute atomic E-state index is 11.4. The molecule has 0 saturated carbocycles. The molecule has 1 aromatic carbocycles. The summed E-state index contributed by atoms with van der Waals surface area (Å²) >= 11 is 0. The molecule has 0 aliphatic carbocycles. The second-order valence-corrected chi connectivity index (χ2v) is 4.41. The van der Waals surface area contributed by atoms with Crippen molar-refractivity contribution in [3.05, 3.63) is 23.8 Å². The lowest BCUT2D eigenvalue weighted by molar-refractivity contribution is -0.138. The Morgan fingerprint density at radius 3 is 2.55 bits per heavy atom. The summed E-state index contributed by atoms with van der Waals surface area (Å²) in [6, 6.07) is 3.40. The summed E-state index contributed by atoms with van der Waals surface area (Å²) in [5, 5.41) is 29.6. The molecule has 6 N–H and O–H groups in total. The van der Waals surface area contributed by atoms with E-state index in [0.717, 1.165) is 5.56 Å². The number of hydrogen-bond acceptors (Lipinski definition) is 5. The van der Waals surface area contributed by atoms with Crippen molar-refractivity contribution in [1.29, 1.82) is 0 Å². The number of phenolic OH excluding ortho intramolecular Hbond substituents is 2. The van der Waals surface area contributed by atoms with Crippen LogP contribution >= 0.6 is 0 Å². The number of carboxylic acids is 1. The van der Waals surface area contributed by atoms with Crippen LogP contribution in [-0.4, -0.2) is 39.8 Å². The number of carbonyl (C=O) groups is 2. The van der Waals surface area contributed by atoms with Crippen LogP contribution in [0, 0.1) is 0 Å². The number of carbonyl (C=O) groups excluding carboxylic acids is 1. The van der Waals surface area contributed by atoms with Crippen molar-refractivity contribution in [3.8, 4) is 11.5 Å². The molecule has 0 aromatic heterocycles. The zero-order valence-corrected chi connectivity index (χ0v) is 10.9. The molecule has 7 nitrogen and oxygen atoms in total. The van der Waals surface area contributed by atoms with Gasteiger partial charge in [0.15, 0.2) is 11.5 Å². The maximum atomic E-state index is 11.4. The van der Waals surface area contributed by atoms with Gasteiger partial charge in [-0.1, -0.05) is 6.07 Å². The van der Waals surface area contributed by atoms with E-state index in [9.17, 15) is 14.7 Å². The second-order valence-electron chi connectivity index (χ2n) is 4.41. The number of carboxylic acid groups (broad SMARTS) is 1. The quantitative estimate of drug-likeness (QED) is 0.445. The Labute approximate surface area is 116 Å². The Balaban J connectivity index is 2.28. The molecule has 0 radical (unpaired) electrons. The summed E-state index contributed by atoms with van der Waals surface area (Å²) in [4.78, 5) is 21.9. The largest absolute Gasteiger partial charge is 0.504 e. The minimum Gasteiger partial charge on any atom is -0.504 e. The Hall–Kier alpha value is -2.28. The molecule has 1 atom stereocenters. The van der Waals surface area contributed by atoms with Crippen LogP contribution in [0.3, 0.4) is 0 Å². The van der Waals surface area contributed by atoms with Crippen LogP contribution in [0.25, 0.3) is 0 Å². The number of nitrogens with one attached hydrogen (secondary N) is 1. The molecule has 0 heterocycles. The molecule has 0 unspecified atom stereocenters. The third-order valence-electron chi connectivity index (χ3n) is 2.78. The Bertz CT molecular complexity index is 490. The highest BCUT2D eigenvalue weighted by Crippen LogP contribution is 2.24. The smallest absolute Gasteiger partial charge is 0.320 e. The summed E-state index contributed by atoms with van der Waals surface area (Å²) in [6.45, 7) is 0.353. The number of phenols is 2. The van der Waals surface area contributed by atoms with Crippen LogP contribution in [0.1, 0.15) is 18.4 Å². The first-order chi connectivity index (χ1) is 9.40. The fraction of sp³-hybridized carbons (Fsp3) is 0.385. The molecular weight excluding hydrogens is 264 g/mol. The molecular formula is C13H18N2O5. The van der Waals surface area contributed by atoms with Crippen molar-refractivity contribution < 1.29 is 24.9 Å². The highest BCUT2D eigenvalue weighted by Gasteiger charge is 2.13. The molecule has 0 spiro atoms. The van der Waals surface area contributed by atoms with Gasteiger partial charge >= 0.3 is 5.97 Å². The Morgan fingerprint density at radius 2 is 1.95 bits per heavy atom. The number of nitrogens with two attached hydrogens (primary N) is 1. The minimum atomic E-state index is -1.13. The molecule has 110 valence electrons. The lowest BCUT2D eigenvalue weighted by atomic mass is 10.1. The molecule has 20 heavy (non-hydrogen) atoms. The van der Waals surface area contributed by atoms with E-state index in [1.165, 1.54) is 12.1 Å². The predicted molar refractivity (Wildman–Crippen MR) is 71.3 cm³/mol. The normalized spacial score (nSPS) is 11.8. The topological polar surface area (TPSA) is 133 Å². The second kappa shape index (κ2) is 7.34. The molecule has 7 heteroatoms. The number of benzene rings is 1. The standard InChI is InChI=1S/C13H18N2O5/c14-9(13(19)20)2-4-12(18)15-6-5-8-1-3-10(16)11(17)7-8/h1,3,7,9,16-17H,2,4-6,14H2,(H,15,18)(H,19,20)/t9-/m0/s1. The van der Waals surface area contributed by atoms with Gasteiger partial charge in [-0.2, -0.15) is 0 Å². The lowest BCUT2D eigenvalue weighted by Crippen LogP contribution is -2.33. The van der Waals surface area contributed by atoms with E-state index in [4.69, 9.17) is 15.9 Å². The summed E-state index contributed by atoms with van der Waals surface area (Å²) in [6.07, 6.45) is 0.625. The van der Waals surface area contributed by atoms with E-state index in [2.05, 4.69) is 5.32 Å². The first kappa shape index (κ1) is 15.8. The van der Waals surface area contributed by atoms with Crippen molar-refractivity contribution in [2.75, 3.05) is 6.54 Å². The zero-order valence-electron chi connectivity index (χ0n) is 10.9. The van der Waals surface area contributed by atoms with Crippen LogP contribution in [0.15, 0.2) is 18.2 Å². The minimum absolute atomic E-state index is 0.0499. The fourth-order valence-electron chi connectivity index (χ4n) is 1.57. The van der Waals surface area contributed by atoms with E-state index in [-0.39, 0.29) is 30.2 Å². The number of rotatable bonds is 7.